The molecule has 0 aliphatic heterocycles. The molecule has 0 bridgehead atoms. The second-order valence-corrected chi connectivity index (χ2v) is 5.44. The summed E-state index contributed by atoms with van der Waals surface area (Å²) >= 11 is 0. The van der Waals surface area contributed by atoms with Gasteiger partial charge in [0, 0.05) is 12.6 Å². The van der Waals surface area contributed by atoms with Crippen LogP contribution in [-0.4, -0.2) is 24.8 Å². The quantitative estimate of drug-likeness (QED) is 0.593. The molecule has 18 heavy (non-hydrogen) atoms. The molecule has 2 unspecified atom stereocenters. The zero-order valence-electron chi connectivity index (χ0n) is 13.5. The van der Waals surface area contributed by atoms with Gasteiger partial charge < -0.3 is 10.1 Å². The molecule has 0 saturated heterocycles. The van der Waals surface area contributed by atoms with Crippen LogP contribution in [0.15, 0.2) is 0 Å². The van der Waals surface area contributed by atoms with Crippen LogP contribution >= 0.6 is 0 Å². The summed E-state index contributed by atoms with van der Waals surface area (Å²) in [6.07, 6.45) is 6.00. The maximum atomic E-state index is 6.16. The predicted molar refractivity (Wildman–Crippen MR) is 81.1 cm³/mol. The molecule has 0 aromatic rings. The average molecular weight is 257 g/mol. The highest BCUT2D eigenvalue weighted by Crippen LogP contribution is 2.30. The summed E-state index contributed by atoms with van der Waals surface area (Å²) in [5, 5.41) is 3.67. The second kappa shape index (κ2) is 9.80. The van der Waals surface area contributed by atoms with E-state index >= 15 is 0 Å². The zero-order valence-corrected chi connectivity index (χ0v) is 13.5. The second-order valence-electron chi connectivity index (χ2n) is 5.44. The molecule has 2 nitrogen and oxygen atoms in total. The first-order valence-corrected chi connectivity index (χ1v) is 7.97. The van der Waals surface area contributed by atoms with Crippen LogP contribution < -0.4 is 5.32 Å². The van der Waals surface area contributed by atoms with Crippen molar-refractivity contribution >= 4 is 0 Å². The molecule has 1 N–H and O–H groups in total. The summed E-state index contributed by atoms with van der Waals surface area (Å²) in [4.78, 5) is 0. The SMILES string of the molecule is CCCC(C)CC(NCC)C(CC)(CC)OCC. The van der Waals surface area contributed by atoms with E-state index in [1.165, 1.54) is 19.3 Å². The molecule has 0 spiro atoms. The first-order chi connectivity index (χ1) is 8.60. The van der Waals surface area contributed by atoms with Crippen molar-refractivity contribution in [2.24, 2.45) is 5.92 Å². The number of likely N-dealkylation sites (N-methyl/N-ethyl adjacent to an activating group) is 1. The van der Waals surface area contributed by atoms with Crippen molar-refractivity contribution in [3.8, 4) is 0 Å². The zero-order chi connectivity index (χ0) is 14.0. The van der Waals surface area contributed by atoms with Gasteiger partial charge in [-0.15, -0.1) is 0 Å². The fourth-order valence-corrected chi connectivity index (χ4v) is 3.08. The van der Waals surface area contributed by atoms with Crippen LogP contribution in [0.4, 0.5) is 0 Å². The number of rotatable bonds is 11. The van der Waals surface area contributed by atoms with Crippen molar-refractivity contribution in [1.29, 1.82) is 0 Å². The molecule has 0 fully saturated rings. The van der Waals surface area contributed by atoms with E-state index in [2.05, 4.69) is 46.9 Å². The number of ether oxygens (including phenoxy) is 1. The Labute approximate surface area is 115 Å². The first-order valence-electron chi connectivity index (χ1n) is 7.97. The highest BCUT2D eigenvalue weighted by atomic mass is 16.5. The van der Waals surface area contributed by atoms with Crippen molar-refractivity contribution in [2.45, 2.75) is 85.3 Å². The molecule has 0 saturated carbocycles. The van der Waals surface area contributed by atoms with E-state index in [1.54, 1.807) is 0 Å². The third-order valence-corrected chi connectivity index (χ3v) is 4.13. The molecule has 110 valence electrons. The summed E-state index contributed by atoms with van der Waals surface area (Å²) in [5.41, 5.74) is 0.0206. The van der Waals surface area contributed by atoms with E-state index in [9.17, 15) is 0 Å². The highest BCUT2D eigenvalue weighted by Gasteiger charge is 2.36. The third kappa shape index (κ3) is 5.27. The Bertz CT molecular complexity index is 190. The van der Waals surface area contributed by atoms with Gasteiger partial charge in [0.05, 0.1) is 5.60 Å². The van der Waals surface area contributed by atoms with Crippen molar-refractivity contribution in [3.63, 3.8) is 0 Å². The maximum absolute atomic E-state index is 6.16. The van der Waals surface area contributed by atoms with Gasteiger partial charge in [-0.05, 0) is 38.6 Å². The Morgan fingerprint density at radius 3 is 2.06 bits per heavy atom. The van der Waals surface area contributed by atoms with Crippen LogP contribution in [-0.2, 0) is 4.74 Å². The van der Waals surface area contributed by atoms with Crippen molar-refractivity contribution in [2.75, 3.05) is 13.2 Å². The monoisotopic (exact) mass is 257 g/mol. The minimum atomic E-state index is 0.0206. The van der Waals surface area contributed by atoms with E-state index in [-0.39, 0.29) is 5.60 Å². The Balaban J connectivity index is 4.78. The third-order valence-electron chi connectivity index (χ3n) is 4.13. The Kier molecular flexibility index (Phi) is 9.76. The van der Waals surface area contributed by atoms with E-state index < -0.39 is 0 Å². The average Bonchev–Trinajstić information content (AvgIpc) is 2.36. The predicted octanol–water partition coefficient (Wildman–Crippen LogP) is 4.39. The van der Waals surface area contributed by atoms with Gasteiger partial charge in [0.15, 0.2) is 0 Å². The largest absolute Gasteiger partial charge is 0.374 e. The lowest BCUT2D eigenvalue weighted by Gasteiger charge is -2.41. The molecule has 0 radical (unpaired) electrons. The lowest BCUT2D eigenvalue weighted by molar-refractivity contribution is -0.0763. The van der Waals surface area contributed by atoms with E-state index in [0.29, 0.717) is 6.04 Å². The number of hydrogen-bond donors (Lipinski definition) is 1. The molecule has 2 heteroatoms. The molecular formula is C16H35NO. The molecule has 2 atom stereocenters. The van der Waals surface area contributed by atoms with E-state index in [1.807, 2.05) is 0 Å². The first kappa shape index (κ1) is 17.9. The Morgan fingerprint density at radius 1 is 1.06 bits per heavy atom. The fraction of sp³-hybridized carbons (Fsp3) is 1.00. The van der Waals surface area contributed by atoms with E-state index in [0.717, 1.165) is 31.9 Å². The molecule has 0 aliphatic carbocycles. The van der Waals surface area contributed by atoms with Crippen LogP contribution in [0, 0.1) is 5.92 Å². The van der Waals surface area contributed by atoms with Crippen LogP contribution in [0.1, 0.15) is 73.6 Å². The highest BCUT2D eigenvalue weighted by molar-refractivity contribution is 4.92. The minimum absolute atomic E-state index is 0.0206. The maximum Gasteiger partial charge on any atom is 0.0829 e. The van der Waals surface area contributed by atoms with Crippen LogP contribution in [0.2, 0.25) is 0 Å². The smallest absolute Gasteiger partial charge is 0.0829 e. The van der Waals surface area contributed by atoms with Gasteiger partial charge in [-0.2, -0.15) is 0 Å². The normalized spacial score (nSPS) is 15.7. The van der Waals surface area contributed by atoms with Crippen LogP contribution in [0.25, 0.3) is 0 Å². The minimum Gasteiger partial charge on any atom is -0.374 e. The molecule has 0 heterocycles. The van der Waals surface area contributed by atoms with Gasteiger partial charge in [0.25, 0.3) is 0 Å². The number of nitrogens with one attached hydrogen (secondary N) is 1. The lowest BCUT2D eigenvalue weighted by atomic mass is 9.82. The van der Waals surface area contributed by atoms with Crippen LogP contribution in [0.3, 0.4) is 0 Å². The van der Waals surface area contributed by atoms with Crippen molar-refractivity contribution in [3.05, 3.63) is 0 Å². The van der Waals surface area contributed by atoms with Gasteiger partial charge in [-0.3, -0.25) is 0 Å². The lowest BCUT2D eigenvalue weighted by Crippen LogP contribution is -2.52. The molecule has 0 rings (SSSR count). The summed E-state index contributed by atoms with van der Waals surface area (Å²) in [7, 11) is 0. The standard InChI is InChI=1S/C16H35NO/c1-7-12-14(6)13-15(17-10-4)16(8-2,9-3)18-11-5/h14-15,17H,7-13H2,1-6H3. The summed E-state index contributed by atoms with van der Waals surface area (Å²) in [6.45, 7) is 15.3. The molecular weight excluding hydrogens is 222 g/mol. The van der Waals surface area contributed by atoms with Gasteiger partial charge in [0.2, 0.25) is 0 Å². The van der Waals surface area contributed by atoms with Gasteiger partial charge in [-0.25, -0.2) is 0 Å². The van der Waals surface area contributed by atoms with Gasteiger partial charge in [0.1, 0.15) is 0 Å². The number of hydrogen-bond acceptors (Lipinski definition) is 2. The Hall–Kier alpha value is -0.0800. The van der Waals surface area contributed by atoms with Crippen LogP contribution in [0.5, 0.6) is 0 Å². The van der Waals surface area contributed by atoms with E-state index in [4.69, 9.17) is 4.74 Å². The van der Waals surface area contributed by atoms with Crippen molar-refractivity contribution < 1.29 is 4.74 Å². The molecule has 0 aromatic carbocycles. The Morgan fingerprint density at radius 2 is 1.67 bits per heavy atom. The molecule has 0 aliphatic rings. The van der Waals surface area contributed by atoms with Crippen molar-refractivity contribution in [1.82, 2.24) is 5.32 Å². The molecule has 0 amide bonds. The molecule has 0 aromatic heterocycles. The topological polar surface area (TPSA) is 21.3 Å². The fourth-order valence-electron chi connectivity index (χ4n) is 3.08. The van der Waals surface area contributed by atoms with Gasteiger partial charge in [-0.1, -0.05) is 47.5 Å². The van der Waals surface area contributed by atoms with Gasteiger partial charge >= 0.3 is 0 Å². The summed E-state index contributed by atoms with van der Waals surface area (Å²) < 4.78 is 6.16. The summed E-state index contributed by atoms with van der Waals surface area (Å²) in [6, 6.07) is 0.485. The summed E-state index contributed by atoms with van der Waals surface area (Å²) in [5.74, 6) is 0.775.